The van der Waals surface area contributed by atoms with Gasteiger partial charge in [-0.25, -0.2) is 4.79 Å². The first-order valence-corrected chi connectivity index (χ1v) is 8.95. The SMILES string of the molecule is COCCNc1ccc([N+](=O)[O-])cc1C(=O)Nc1ccc(C(=O)OC(C)C)cc1. The molecule has 0 aromatic heterocycles. The number of hydrogen-bond acceptors (Lipinski definition) is 7. The number of benzene rings is 2. The summed E-state index contributed by atoms with van der Waals surface area (Å²) < 4.78 is 10.1. The number of anilines is 2. The van der Waals surface area contributed by atoms with Crippen molar-refractivity contribution in [2.45, 2.75) is 20.0 Å². The Morgan fingerprint density at radius 3 is 2.41 bits per heavy atom. The number of nitrogens with zero attached hydrogens (tertiary/aromatic N) is 1. The molecule has 9 nitrogen and oxygen atoms in total. The highest BCUT2D eigenvalue weighted by molar-refractivity contribution is 6.08. The zero-order chi connectivity index (χ0) is 21.4. The van der Waals surface area contributed by atoms with Crippen LogP contribution in [0.2, 0.25) is 0 Å². The Kier molecular flexibility index (Phi) is 7.67. The van der Waals surface area contributed by atoms with E-state index >= 15 is 0 Å². The Morgan fingerprint density at radius 2 is 1.83 bits per heavy atom. The first kappa shape index (κ1) is 21.8. The molecule has 0 heterocycles. The number of non-ortho nitro benzene ring substituents is 1. The Morgan fingerprint density at radius 1 is 1.14 bits per heavy atom. The second kappa shape index (κ2) is 10.2. The molecule has 0 atom stereocenters. The Hall–Kier alpha value is -3.46. The molecule has 0 saturated carbocycles. The van der Waals surface area contributed by atoms with E-state index in [4.69, 9.17) is 9.47 Å². The van der Waals surface area contributed by atoms with Gasteiger partial charge in [0.05, 0.1) is 28.8 Å². The first-order chi connectivity index (χ1) is 13.8. The van der Waals surface area contributed by atoms with E-state index in [9.17, 15) is 19.7 Å². The minimum absolute atomic E-state index is 0.124. The van der Waals surface area contributed by atoms with Crippen molar-refractivity contribution in [3.8, 4) is 0 Å². The summed E-state index contributed by atoms with van der Waals surface area (Å²) in [6.45, 7) is 4.35. The molecular formula is C20H23N3O6. The van der Waals surface area contributed by atoms with Crippen LogP contribution >= 0.6 is 0 Å². The molecule has 2 rings (SSSR count). The number of ether oxygens (including phenoxy) is 2. The van der Waals surface area contributed by atoms with E-state index in [-0.39, 0.29) is 17.4 Å². The second-order valence-electron chi connectivity index (χ2n) is 6.39. The van der Waals surface area contributed by atoms with Gasteiger partial charge in [-0.3, -0.25) is 14.9 Å². The van der Waals surface area contributed by atoms with Crippen molar-refractivity contribution in [1.29, 1.82) is 0 Å². The summed E-state index contributed by atoms with van der Waals surface area (Å²) in [6, 6.07) is 10.2. The molecule has 2 aromatic carbocycles. The van der Waals surface area contributed by atoms with Gasteiger partial charge in [0.15, 0.2) is 0 Å². The van der Waals surface area contributed by atoms with E-state index in [1.54, 1.807) is 33.1 Å². The van der Waals surface area contributed by atoms with Gasteiger partial charge in [0.2, 0.25) is 0 Å². The van der Waals surface area contributed by atoms with Crippen molar-refractivity contribution in [2.24, 2.45) is 0 Å². The van der Waals surface area contributed by atoms with E-state index in [0.717, 1.165) is 0 Å². The van der Waals surface area contributed by atoms with Gasteiger partial charge >= 0.3 is 5.97 Å². The lowest BCUT2D eigenvalue weighted by Gasteiger charge is -2.12. The third-order valence-corrected chi connectivity index (χ3v) is 3.80. The molecular weight excluding hydrogens is 378 g/mol. The molecule has 0 aliphatic rings. The molecule has 0 spiro atoms. The van der Waals surface area contributed by atoms with Gasteiger partial charge < -0.3 is 20.1 Å². The van der Waals surface area contributed by atoms with Crippen molar-refractivity contribution in [1.82, 2.24) is 0 Å². The van der Waals surface area contributed by atoms with Crippen LogP contribution in [0.4, 0.5) is 17.1 Å². The number of amides is 1. The van der Waals surface area contributed by atoms with Crippen LogP contribution in [0.15, 0.2) is 42.5 Å². The second-order valence-corrected chi connectivity index (χ2v) is 6.39. The van der Waals surface area contributed by atoms with Crippen LogP contribution in [-0.4, -0.2) is 43.2 Å². The van der Waals surface area contributed by atoms with Crippen molar-refractivity contribution in [3.05, 3.63) is 63.7 Å². The molecule has 0 aliphatic carbocycles. The average Bonchev–Trinajstić information content (AvgIpc) is 2.68. The average molecular weight is 401 g/mol. The van der Waals surface area contributed by atoms with Crippen LogP contribution in [0.5, 0.6) is 0 Å². The van der Waals surface area contributed by atoms with Crippen LogP contribution < -0.4 is 10.6 Å². The molecule has 0 aliphatic heterocycles. The third-order valence-electron chi connectivity index (χ3n) is 3.80. The topological polar surface area (TPSA) is 120 Å². The lowest BCUT2D eigenvalue weighted by atomic mass is 10.1. The van der Waals surface area contributed by atoms with Crippen LogP contribution in [0.3, 0.4) is 0 Å². The van der Waals surface area contributed by atoms with E-state index < -0.39 is 16.8 Å². The highest BCUT2D eigenvalue weighted by Gasteiger charge is 2.17. The molecule has 154 valence electrons. The third kappa shape index (κ3) is 6.28. The van der Waals surface area contributed by atoms with E-state index in [2.05, 4.69) is 10.6 Å². The van der Waals surface area contributed by atoms with E-state index in [0.29, 0.717) is 30.1 Å². The molecule has 0 radical (unpaired) electrons. The molecule has 0 saturated heterocycles. The molecule has 0 fully saturated rings. The highest BCUT2D eigenvalue weighted by Crippen LogP contribution is 2.23. The zero-order valence-electron chi connectivity index (χ0n) is 16.4. The summed E-state index contributed by atoms with van der Waals surface area (Å²) >= 11 is 0. The van der Waals surface area contributed by atoms with Crippen molar-refractivity contribution < 1.29 is 24.0 Å². The number of methoxy groups -OCH3 is 1. The maximum Gasteiger partial charge on any atom is 0.338 e. The van der Waals surface area contributed by atoms with Crippen LogP contribution in [-0.2, 0) is 9.47 Å². The summed E-state index contributed by atoms with van der Waals surface area (Å²) in [7, 11) is 1.55. The molecule has 0 unspecified atom stereocenters. The number of esters is 1. The van der Waals surface area contributed by atoms with Crippen molar-refractivity contribution in [3.63, 3.8) is 0 Å². The summed E-state index contributed by atoms with van der Waals surface area (Å²) in [6.07, 6.45) is -0.236. The quantitative estimate of drug-likeness (QED) is 0.286. The fourth-order valence-corrected chi connectivity index (χ4v) is 2.45. The molecule has 2 aromatic rings. The highest BCUT2D eigenvalue weighted by atomic mass is 16.6. The van der Waals surface area contributed by atoms with Gasteiger partial charge in [-0.2, -0.15) is 0 Å². The van der Waals surface area contributed by atoms with Crippen molar-refractivity contribution >= 4 is 28.9 Å². The van der Waals surface area contributed by atoms with Crippen LogP contribution in [0.25, 0.3) is 0 Å². The lowest BCUT2D eigenvalue weighted by Crippen LogP contribution is -2.17. The van der Waals surface area contributed by atoms with Gasteiger partial charge in [-0.15, -0.1) is 0 Å². The van der Waals surface area contributed by atoms with Crippen LogP contribution in [0.1, 0.15) is 34.6 Å². The normalized spacial score (nSPS) is 10.5. The molecule has 29 heavy (non-hydrogen) atoms. The van der Waals surface area contributed by atoms with Crippen LogP contribution in [0, 0.1) is 10.1 Å². The summed E-state index contributed by atoms with van der Waals surface area (Å²) in [5.41, 5.74) is 1.17. The number of hydrogen-bond donors (Lipinski definition) is 2. The first-order valence-electron chi connectivity index (χ1n) is 8.95. The summed E-state index contributed by atoms with van der Waals surface area (Å²) in [5, 5.41) is 16.8. The number of nitro benzene ring substituents is 1. The fraction of sp³-hybridized carbons (Fsp3) is 0.300. The van der Waals surface area contributed by atoms with Crippen molar-refractivity contribution in [2.75, 3.05) is 30.9 Å². The zero-order valence-corrected chi connectivity index (χ0v) is 16.4. The van der Waals surface area contributed by atoms with E-state index in [1.807, 2.05) is 0 Å². The Labute approximate surface area is 168 Å². The summed E-state index contributed by atoms with van der Waals surface area (Å²) in [4.78, 5) is 35.1. The number of carbonyl (C=O) groups excluding carboxylic acids is 2. The maximum absolute atomic E-state index is 12.7. The number of nitrogens with one attached hydrogen (secondary N) is 2. The lowest BCUT2D eigenvalue weighted by molar-refractivity contribution is -0.384. The fourth-order valence-electron chi connectivity index (χ4n) is 2.45. The van der Waals surface area contributed by atoms with Gasteiger partial charge in [-0.1, -0.05) is 0 Å². The number of carbonyl (C=O) groups is 2. The maximum atomic E-state index is 12.7. The Bertz CT molecular complexity index is 880. The van der Waals surface area contributed by atoms with Gasteiger partial charge in [0, 0.05) is 37.2 Å². The molecule has 2 N–H and O–H groups in total. The number of rotatable bonds is 9. The van der Waals surface area contributed by atoms with Gasteiger partial charge in [0.25, 0.3) is 11.6 Å². The minimum Gasteiger partial charge on any atom is -0.459 e. The Balaban J connectivity index is 2.19. The van der Waals surface area contributed by atoms with Gasteiger partial charge in [-0.05, 0) is 44.2 Å². The minimum atomic E-state index is -0.565. The monoisotopic (exact) mass is 401 g/mol. The molecule has 0 bridgehead atoms. The standard InChI is InChI=1S/C20H23N3O6/c1-13(2)29-20(25)14-4-6-15(7-5-14)22-19(24)17-12-16(23(26)27)8-9-18(17)21-10-11-28-3/h4-9,12-13,21H,10-11H2,1-3H3,(H,22,24). The summed E-state index contributed by atoms with van der Waals surface area (Å²) in [5.74, 6) is -0.979. The predicted octanol–water partition coefficient (Wildman–Crippen LogP) is 3.47. The van der Waals surface area contributed by atoms with Gasteiger partial charge in [0.1, 0.15) is 0 Å². The molecule has 9 heteroatoms. The smallest absolute Gasteiger partial charge is 0.338 e. The predicted molar refractivity (Wildman–Crippen MR) is 108 cm³/mol. The number of nitro groups is 1. The van der Waals surface area contributed by atoms with E-state index in [1.165, 1.54) is 30.3 Å². The largest absolute Gasteiger partial charge is 0.459 e. The molecule has 1 amide bonds.